The van der Waals surface area contributed by atoms with Gasteiger partial charge in [0, 0.05) is 31.7 Å². The van der Waals surface area contributed by atoms with Gasteiger partial charge in [-0.05, 0) is 43.5 Å². The number of rotatable bonds is 6. The molecule has 3 N–H and O–H groups in total. The molecule has 3 aliphatic rings. The molecule has 1 atom stereocenters. The predicted molar refractivity (Wildman–Crippen MR) is 120 cm³/mol. The van der Waals surface area contributed by atoms with Crippen LogP contribution in [0.1, 0.15) is 36.0 Å². The second-order valence-electron chi connectivity index (χ2n) is 8.81. The van der Waals surface area contributed by atoms with Gasteiger partial charge >= 0.3 is 0 Å². The van der Waals surface area contributed by atoms with Gasteiger partial charge in [-0.1, -0.05) is 24.3 Å². The number of likely N-dealkylation sites (tertiary alicyclic amines) is 1. The molecule has 2 saturated heterocycles. The third-order valence-electron chi connectivity index (χ3n) is 6.29. The van der Waals surface area contributed by atoms with Gasteiger partial charge < -0.3 is 20.7 Å². The summed E-state index contributed by atoms with van der Waals surface area (Å²) in [6.07, 6.45) is 3.79. The van der Waals surface area contributed by atoms with E-state index in [4.69, 9.17) is 15.5 Å². The van der Waals surface area contributed by atoms with Gasteiger partial charge in [-0.3, -0.25) is 9.69 Å². The quantitative estimate of drug-likeness (QED) is 0.730. The molecule has 0 aliphatic carbocycles. The Morgan fingerprint density at radius 1 is 1.16 bits per heavy atom. The third kappa shape index (κ3) is 4.65. The molecule has 0 bridgehead atoms. The van der Waals surface area contributed by atoms with Gasteiger partial charge in [0.25, 0.3) is 0 Å². The van der Waals surface area contributed by atoms with Crippen molar-refractivity contribution >= 4 is 23.4 Å². The minimum atomic E-state index is 0.140. The van der Waals surface area contributed by atoms with Gasteiger partial charge in [0.2, 0.25) is 5.95 Å². The summed E-state index contributed by atoms with van der Waals surface area (Å²) in [5.74, 6) is 1.79. The van der Waals surface area contributed by atoms with Crippen molar-refractivity contribution in [2.75, 3.05) is 48.8 Å². The summed E-state index contributed by atoms with van der Waals surface area (Å²) in [4.78, 5) is 26.2. The molecule has 4 heterocycles. The Morgan fingerprint density at radius 2 is 1.97 bits per heavy atom. The minimum absolute atomic E-state index is 0.140. The predicted octanol–water partition coefficient (Wildman–Crippen LogP) is 1.99. The van der Waals surface area contributed by atoms with E-state index in [2.05, 4.69) is 39.5 Å². The first-order chi connectivity index (χ1) is 15.1. The first-order valence-corrected chi connectivity index (χ1v) is 11.2. The molecular weight excluding hydrogens is 392 g/mol. The zero-order valence-corrected chi connectivity index (χ0v) is 17.8. The van der Waals surface area contributed by atoms with Crippen molar-refractivity contribution in [1.82, 2.24) is 14.9 Å². The van der Waals surface area contributed by atoms with Crippen molar-refractivity contribution in [3.8, 4) is 0 Å². The van der Waals surface area contributed by atoms with E-state index in [0.717, 1.165) is 31.0 Å². The van der Waals surface area contributed by atoms with Crippen molar-refractivity contribution in [2.45, 2.75) is 44.8 Å². The average Bonchev–Trinajstić information content (AvgIpc) is 3.44. The topological polar surface area (TPSA) is 96.6 Å². The van der Waals surface area contributed by atoms with E-state index in [9.17, 15) is 4.79 Å². The number of aromatic nitrogens is 2. The number of carbonyl (C=O) groups excluding carboxylic acids is 1. The lowest BCUT2D eigenvalue weighted by Gasteiger charge is -2.30. The number of nitrogen functional groups attached to an aromatic ring is 1. The first-order valence-electron chi connectivity index (χ1n) is 11.2. The van der Waals surface area contributed by atoms with Gasteiger partial charge in [-0.25, -0.2) is 0 Å². The Hall–Kier alpha value is -2.71. The van der Waals surface area contributed by atoms with Gasteiger partial charge in [-0.2, -0.15) is 9.97 Å². The summed E-state index contributed by atoms with van der Waals surface area (Å²) in [6, 6.07) is 8.85. The highest BCUT2D eigenvalue weighted by atomic mass is 16.5. The Bertz CT molecular complexity index is 953. The van der Waals surface area contributed by atoms with E-state index < -0.39 is 0 Å². The maximum Gasteiger partial charge on any atom is 0.226 e. The van der Waals surface area contributed by atoms with Crippen LogP contribution in [-0.2, 0) is 29.0 Å². The molecule has 8 heteroatoms. The summed E-state index contributed by atoms with van der Waals surface area (Å²) in [5.41, 5.74) is 9.46. The number of ketones is 1. The number of hydrogen-bond donors (Lipinski definition) is 2. The van der Waals surface area contributed by atoms with Gasteiger partial charge in [0.05, 0.1) is 19.2 Å². The van der Waals surface area contributed by atoms with E-state index in [0.29, 0.717) is 37.9 Å². The SMILES string of the molecule is Nc1nc(N[C@@H]2CCOC2)nc2c1CC(=O)CN2Cc1cccc(CN2CCCC2)c1. The number of nitrogens with two attached hydrogens (primary N) is 1. The van der Waals surface area contributed by atoms with E-state index in [1.807, 2.05) is 4.90 Å². The molecule has 1 aromatic heterocycles. The van der Waals surface area contributed by atoms with Gasteiger partial charge in [-0.15, -0.1) is 0 Å². The smallest absolute Gasteiger partial charge is 0.226 e. The van der Waals surface area contributed by atoms with E-state index in [1.165, 1.54) is 37.1 Å². The van der Waals surface area contributed by atoms with Crippen LogP contribution in [0.25, 0.3) is 0 Å². The monoisotopic (exact) mass is 422 g/mol. The van der Waals surface area contributed by atoms with Crippen LogP contribution in [0.5, 0.6) is 0 Å². The number of benzene rings is 1. The standard InChI is InChI=1S/C23H30N6O2/c24-21-20-11-19(30)14-29(22(20)27-23(26-21)25-18-6-9-31-15-18)13-17-5-3-4-16(10-17)12-28-7-1-2-8-28/h3-5,10,18H,1-2,6-9,11-15H2,(H3,24,25,26,27)/t18-/m1/s1. The van der Waals surface area contributed by atoms with E-state index >= 15 is 0 Å². The lowest BCUT2D eigenvalue weighted by atomic mass is 10.0. The van der Waals surface area contributed by atoms with E-state index in [1.54, 1.807) is 0 Å². The maximum absolute atomic E-state index is 12.4. The number of carbonyl (C=O) groups is 1. The van der Waals surface area contributed by atoms with Crippen molar-refractivity contribution < 1.29 is 9.53 Å². The number of Topliss-reactive ketones (excluding diaryl/α,β-unsaturated/α-hetero) is 1. The molecule has 2 fully saturated rings. The molecule has 164 valence electrons. The van der Waals surface area contributed by atoms with E-state index in [-0.39, 0.29) is 11.8 Å². The molecule has 1 aromatic carbocycles. The molecular formula is C23H30N6O2. The normalized spacial score (nSPS) is 21.5. The Labute approximate surface area is 182 Å². The second-order valence-corrected chi connectivity index (χ2v) is 8.81. The number of nitrogens with one attached hydrogen (secondary N) is 1. The molecule has 3 aliphatic heterocycles. The highest BCUT2D eigenvalue weighted by Crippen LogP contribution is 2.30. The van der Waals surface area contributed by atoms with Gasteiger partial charge in [0.15, 0.2) is 5.78 Å². The summed E-state index contributed by atoms with van der Waals surface area (Å²) in [7, 11) is 0. The fourth-order valence-corrected chi connectivity index (χ4v) is 4.73. The summed E-state index contributed by atoms with van der Waals surface area (Å²) < 4.78 is 5.44. The number of ether oxygens (including phenoxy) is 1. The zero-order valence-electron chi connectivity index (χ0n) is 17.8. The van der Waals surface area contributed by atoms with Crippen LogP contribution in [0.4, 0.5) is 17.6 Å². The average molecular weight is 423 g/mol. The van der Waals surface area contributed by atoms with Crippen LogP contribution in [0.2, 0.25) is 0 Å². The van der Waals surface area contributed by atoms with Crippen molar-refractivity contribution in [2.24, 2.45) is 0 Å². The molecule has 2 aromatic rings. The number of hydrogen-bond acceptors (Lipinski definition) is 8. The van der Waals surface area contributed by atoms with Crippen molar-refractivity contribution in [1.29, 1.82) is 0 Å². The van der Waals surface area contributed by atoms with Crippen molar-refractivity contribution in [3.05, 3.63) is 41.0 Å². The third-order valence-corrected chi connectivity index (χ3v) is 6.29. The summed E-state index contributed by atoms with van der Waals surface area (Å²) >= 11 is 0. The fraction of sp³-hybridized carbons (Fsp3) is 0.522. The van der Waals surface area contributed by atoms with Crippen LogP contribution in [-0.4, -0.2) is 59.5 Å². The van der Waals surface area contributed by atoms with Crippen molar-refractivity contribution in [3.63, 3.8) is 0 Å². The molecule has 0 spiro atoms. The Balaban J connectivity index is 1.37. The number of anilines is 3. The lowest BCUT2D eigenvalue weighted by molar-refractivity contribution is -0.117. The molecule has 31 heavy (non-hydrogen) atoms. The summed E-state index contributed by atoms with van der Waals surface area (Å²) in [5, 5.41) is 3.33. The first kappa shape index (κ1) is 20.2. The molecule has 8 nitrogen and oxygen atoms in total. The van der Waals surface area contributed by atoms with Crippen LogP contribution in [0.15, 0.2) is 24.3 Å². The maximum atomic E-state index is 12.4. The largest absolute Gasteiger partial charge is 0.383 e. The highest BCUT2D eigenvalue weighted by Gasteiger charge is 2.28. The summed E-state index contributed by atoms with van der Waals surface area (Å²) in [6.45, 7) is 5.68. The fourth-order valence-electron chi connectivity index (χ4n) is 4.73. The van der Waals surface area contributed by atoms with Crippen LogP contribution >= 0.6 is 0 Å². The Kier molecular flexibility index (Phi) is 5.74. The minimum Gasteiger partial charge on any atom is -0.383 e. The van der Waals surface area contributed by atoms with Crippen LogP contribution in [0, 0.1) is 0 Å². The molecule has 0 saturated carbocycles. The molecule has 0 radical (unpaired) electrons. The Morgan fingerprint density at radius 3 is 2.74 bits per heavy atom. The number of nitrogens with zero attached hydrogens (tertiary/aromatic N) is 4. The lowest BCUT2D eigenvalue weighted by Crippen LogP contribution is -2.37. The number of fused-ring (bicyclic) bond motifs is 1. The van der Waals surface area contributed by atoms with Crippen LogP contribution < -0.4 is 16.0 Å². The second kappa shape index (κ2) is 8.80. The van der Waals surface area contributed by atoms with Gasteiger partial charge in [0.1, 0.15) is 11.6 Å². The molecule has 0 unspecified atom stereocenters. The van der Waals surface area contributed by atoms with Crippen LogP contribution in [0.3, 0.4) is 0 Å². The highest BCUT2D eigenvalue weighted by molar-refractivity contribution is 5.91. The molecule has 0 amide bonds. The molecule has 5 rings (SSSR count). The zero-order chi connectivity index (χ0) is 21.2.